The van der Waals surface area contributed by atoms with Crippen LogP contribution in [0.4, 0.5) is 23.1 Å². The van der Waals surface area contributed by atoms with Crippen LogP contribution >= 0.6 is 11.6 Å². The number of amides is 1. The molecule has 2 aromatic carbocycles. The predicted octanol–water partition coefficient (Wildman–Crippen LogP) is 3.38. The largest absolute Gasteiger partial charge is 0.495 e. The SMILES string of the molecule is COCCN(C)S(=O)(=O)c1ccccc1Nc1nc(Nc2cc3c(cc2OC)CCN(CC(=O)N(C)C)CC3)ncc1Cl. The lowest BCUT2D eigenvalue weighted by Crippen LogP contribution is -2.37. The number of nitrogens with one attached hydrogen (secondary N) is 2. The number of carbonyl (C=O) groups excluding carboxylic acids is 1. The summed E-state index contributed by atoms with van der Waals surface area (Å²) < 4.78 is 38.5. The van der Waals surface area contributed by atoms with E-state index in [0.717, 1.165) is 37.1 Å². The Kier molecular flexibility index (Phi) is 10.8. The molecule has 0 fully saturated rings. The summed E-state index contributed by atoms with van der Waals surface area (Å²) in [6.45, 7) is 2.37. The van der Waals surface area contributed by atoms with E-state index in [2.05, 4.69) is 25.5 Å². The zero-order valence-electron chi connectivity index (χ0n) is 25.1. The van der Waals surface area contributed by atoms with Crippen LogP contribution in [-0.4, -0.2) is 107 Å². The van der Waals surface area contributed by atoms with Gasteiger partial charge in [0, 0.05) is 47.9 Å². The molecular formula is C29H38ClN7O5S. The van der Waals surface area contributed by atoms with Gasteiger partial charge in [-0.25, -0.2) is 13.4 Å². The minimum atomic E-state index is -3.82. The van der Waals surface area contributed by atoms with Gasteiger partial charge >= 0.3 is 0 Å². The molecule has 0 unspecified atom stereocenters. The zero-order chi connectivity index (χ0) is 31.1. The van der Waals surface area contributed by atoms with Crippen LogP contribution in [0.3, 0.4) is 0 Å². The van der Waals surface area contributed by atoms with E-state index in [4.69, 9.17) is 21.1 Å². The number of halogens is 1. The first-order chi connectivity index (χ1) is 20.5. The van der Waals surface area contributed by atoms with Crippen LogP contribution in [0.5, 0.6) is 5.75 Å². The molecule has 0 aliphatic carbocycles. The molecule has 0 bridgehead atoms. The van der Waals surface area contributed by atoms with Gasteiger partial charge in [-0.3, -0.25) is 9.69 Å². The molecule has 232 valence electrons. The second-order valence-electron chi connectivity index (χ2n) is 10.3. The fourth-order valence-electron chi connectivity index (χ4n) is 4.62. The van der Waals surface area contributed by atoms with Crippen molar-refractivity contribution >= 4 is 50.7 Å². The average molecular weight is 632 g/mol. The summed E-state index contributed by atoms with van der Waals surface area (Å²) in [5.41, 5.74) is 3.30. The number of sulfonamides is 1. The summed E-state index contributed by atoms with van der Waals surface area (Å²) >= 11 is 6.44. The summed E-state index contributed by atoms with van der Waals surface area (Å²) in [6, 6.07) is 10.6. The minimum absolute atomic E-state index is 0.0755. The van der Waals surface area contributed by atoms with Gasteiger partial charge in [0.15, 0.2) is 5.82 Å². The number of fused-ring (bicyclic) bond motifs is 1. The quantitative estimate of drug-likeness (QED) is 0.307. The van der Waals surface area contributed by atoms with Crippen molar-refractivity contribution in [1.82, 2.24) is 24.1 Å². The number of hydrogen-bond donors (Lipinski definition) is 2. The molecule has 1 aliphatic heterocycles. The molecular weight excluding hydrogens is 594 g/mol. The third-order valence-corrected chi connectivity index (χ3v) is 9.39. The molecule has 4 rings (SSSR count). The lowest BCUT2D eigenvalue weighted by atomic mass is 10.0. The van der Waals surface area contributed by atoms with E-state index >= 15 is 0 Å². The summed E-state index contributed by atoms with van der Waals surface area (Å²) in [5, 5.41) is 6.52. The van der Waals surface area contributed by atoms with Crippen molar-refractivity contribution in [2.24, 2.45) is 0 Å². The van der Waals surface area contributed by atoms with Crippen molar-refractivity contribution in [3.05, 3.63) is 58.7 Å². The number of aromatic nitrogens is 2. The first kappa shape index (κ1) is 32.4. The number of nitrogens with zero attached hydrogens (tertiary/aromatic N) is 5. The summed E-state index contributed by atoms with van der Waals surface area (Å²) in [6.07, 6.45) is 3.00. The average Bonchev–Trinajstić information content (AvgIpc) is 3.18. The van der Waals surface area contributed by atoms with Gasteiger partial charge in [0.2, 0.25) is 21.9 Å². The Morgan fingerprint density at radius 2 is 1.74 bits per heavy atom. The topological polar surface area (TPSA) is 129 Å². The normalized spacial score (nSPS) is 13.7. The maximum Gasteiger partial charge on any atom is 0.244 e. The molecule has 14 heteroatoms. The van der Waals surface area contributed by atoms with Gasteiger partial charge in [-0.1, -0.05) is 23.7 Å². The maximum absolute atomic E-state index is 13.3. The smallest absolute Gasteiger partial charge is 0.244 e. The van der Waals surface area contributed by atoms with Crippen molar-refractivity contribution in [2.75, 3.05) is 78.8 Å². The van der Waals surface area contributed by atoms with Gasteiger partial charge in [-0.2, -0.15) is 9.29 Å². The number of hydrogen-bond acceptors (Lipinski definition) is 10. The van der Waals surface area contributed by atoms with Gasteiger partial charge in [-0.15, -0.1) is 0 Å². The second-order valence-corrected chi connectivity index (χ2v) is 12.8. The molecule has 0 saturated heterocycles. The molecule has 1 aliphatic rings. The van der Waals surface area contributed by atoms with E-state index in [9.17, 15) is 13.2 Å². The summed E-state index contributed by atoms with van der Waals surface area (Å²) in [5.74, 6) is 1.18. The lowest BCUT2D eigenvalue weighted by Gasteiger charge is -2.21. The molecule has 2 heterocycles. The molecule has 2 N–H and O–H groups in total. The fraction of sp³-hybridized carbons (Fsp3) is 0.414. The van der Waals surface area contributed by atoms with Gasteiger partial charge in [0.1, 0.15) is 15.7 Å². The number of benzene rings is 2. The van der Waals surface area contributed by atoms with Crippen LogP contribution in [0, 0.1) is 0 Å². The van der Waals surface area contributed by atoms with Crippen LogP contribution in [0.1, 0.15) is 11.1 Å². The number of carbonyl (C=O) groups is 1. The molecule has 0 saturated carbocycles. The van der Waals surface area contributed by atoms with E-state index in [-0.39, 0.29) is 40.7 Å². The Balaban J connectivity index is 1.57. The molecule has 0 spiro atoms. The standard InChI is InChI=1S/C29H38ClN7O5S/c1-35(2)27(38)19-37-12-10-20-16-24(25(42-5)17-21(20)11-13-37)33-29-31-18-22(30)28(34-29)32-23-8-6-7-9-26(23)43(39,40)36(3)14-15-41-4/h6-9,16-18H,10-15,19H2,1-5H3,(H2,31,32,33,34). The monoisotopic (exact) mass is 631 g/mol. The van der Waals surface area contributed by atoms with Gasteiger partial charge in [0.25, 0.3) is 0 Å². The maximum atomic E-state index is 13.3. The van der Waals surface area contributed by atoms with Gasteiger partial charge in [-0.05, 0) is 48.2 Å². The second kappa shape index (κ2) is 14.3. The Morgan fingerprint density at radius 1 is 1.05 bits per heavy atom. The van der Waals surface area contributed by atoms with E-state index in [1.807, 2.05) is 12.1 Å². The first-order valence-corrected chi connectivity index (χ1v) is 15.6. The number of methoxy groups -OCH3 is 2. The summed E-state index contributed by atoms with van der Waals surface area (Å²) in [7, 11) is 4.33. The minimum Gasteiger partial charge on any atom is -0.495 e. The Hall–Kier alpha value is -3.49. The highest BCUT2D eigenvalue weighted by atomic mass is 35.5. The fourth-order valence-corrected chi connectivity index (χ4v) is 6.06. The van der Waals surface area contributed by atoms with Crippen molar-refractivity contribution < 1.29 is 22.7 Å². The van der Waals surface area contributed by atoms with E-state index in [0.29, 0.717) is 23.7 Å². The number of rotatable bonds is 12. The molecule has 1 aromatic heterocycles. The van der Waals surface area contributed by atoms with Crippen LogP contribution < -0.4 is 15.4 Å². The predicted molar refractivity (Wildman–Crippen MR) is 167 cm³/mol. The molecule has 1 amide bonds. The number of para-hydroxylation sites is 1. The van der Waals surface area contributed by atoms with Crippen molar-refractivity contribution in [2.45, 2.75) is 17.7 Å². The summed E-state index contributed by atoms with van der Waals surface area (Å²) in [4.78, 5) is 25.0. The molecule has 43 heavy (non-hydrogen) atoms. The van der Waals surface area contributed by atoms with Gasteiger partial charge < -0.3 is 25.0 Å². The molecule has 3 aromatic rings. The Morgan fingerprint density at radius 3 is 2.42 bits per heavy atom. The molecule has 12 nitrogen and oxygen atoms in total. The van der Waals surface area contributed by atoms with Crippen LogP contribution in [0.25, 0.3) is 0 Å². The van der Waals surface area contributed by atoms with Crippen molar-refractivity contribution in [1.29, 1.82) is 0 Å². The number of anilines is 4. The van der Waals surface area contributed by atoms with Crippen LogP contribution in [0.15, 0.2) is 47.5 Å². The lowest BCUT2D eigenvalue weighted by molar-refractivity contribution is -0.129. The number of likely N-dealkylation sites (N-methyl/N-ethyl adjacent to an activating group) is 2. The van der Waals surface area contributed by atoms with E-state index < -0.39 is 10.0 Å². The van der Waals surface area contributed by atoms with Crippen molar-refractivity contribution in [3.8, 4) is 5.75 Å². The zero-order valence-corrected chi connectivity index (χ0v) is 26.6. The third-order valence-electron chi connectivity index (χ3n) is 7.20. The number of ether oxygens (including phenoxy) is 2. The highest BCUT2D eigenvalue weighted by Crippen LogP contribution is 2.34. The highest BCUT2D eigenvalue weighted by Gasteiger charge is 2.25. The Bertz CT molecular complexity index is 1550. The van der Waals surface area contributed by atoms with Crippen LogP contribution in [-0.2, 0) is 32.4 Å². The Labute approximate surface area is 258 Å². The molecule has 0 radical (unpaired) electrons. The first-order valence-electron chi connectivity index (χ1n) is 13.8. The highest BCUT2D eigenvalue weighted by molar-refractivity contribution is 7.89. The van der Waals surface area contributed by atoms with Crippen molar-refractivity contribution in [3.63, 3.8) is 0 Å². The van der Waals surface area contributed by atoms with Gasteiger partial charge in [0.05, 0.1) is 37.8 Å². The third kappa shape index (κ3) is 7.92. The van der Waals surface area contributed by atoms with E-state index in [1.165, 1.54) is 30.7 Å². The van der Waals surface area contributed by atoms with Crippen LogP contribution in [0.2, 0.25) is 5.02 Å². The van der Waals surface area contributed by atoms with E-state index in [1.54, 1.807) is 44.3 Å². The molecule has 0 atom stereocenters.